The summed E-state index contributed by atoms with van der Waals surface area (Å²) in [5.41, 5.74) is 10.9. The number of nitrogens with two attached hydrogens (primary N) is 1. The second kappa shape index (κ2) is 10.3. The van der Waals surface area contributed by atoms with Crippen LogP contribution < -0.4 is 11.1 Å². The molecule has 0 aliphatic carbocycles. The summed E-state index contributed by atoms with van der Waals surface area (Å²) in [6, 6.07) is 25.9. The van der Waals surface area contributed by atoms with Gasteiger partial charge in [0.1, 0.15) is 0 Å². The van der Waals surface area contributed by atoms with E-state index in [9.17, 15) is 4.79 Å². The first-order chi connectivity index (χ1) is 16.0. The number of benzene rings is 3. The van der Waals surface area contributed by atoms with Gasteiger partial charge in [0.15, 0.2) is 5.96 Å². The second-order valence-electron chi connectivity index (χ2n) is 7.28. The van der Waals surface area contributed by atoms with Crippen LogP contribution in [0.5, 0.6) is 0 Å². The number of nitrogens with zero attached hydrogens (tertiary/aromatic N) is 2. The molecule has 0 saturated heterocycles. The van der Waals surface area contributed by atoms with Crippen molar-refractivity contribution in [3.63, 3.8) is 0 Å². The minimum Gasteiger partial charge on any atom is -0.370 e. The van der Waals surface area contributed by atoms with Crippen LogP contribution in [-0.2, 0) is 6.54 Å². The predicted octanol–water partition coefficient (Wildman–Crippen LogP) is 5.97. The molecule has 1 amide bonds. The first-order valence-corrected chi connectivity index (χ1v) is 10.9. The van der Waals surface area contributed by atoms with Gasteiger partial charge in [-0.2, -0.15) is 4.99 Å². The summed E-state index contributed by atoms with van der Waals surface area (Å²) in [5, 5.41) is 4.30. The first kappa shape index (κ1) is 22.5. The highest BCUT2D eigenvalue weighted by atomic mass is 35.5. The van der Waals surface area contributed by atoms with Gasteiger partial charge in [-0.15, -0.1) is 0 Å². The number of carbonyl (C=O) groups excluding carboxylic acids is 1. The van der Waals surface area contributed by atoms with E-state index in [1.807, 2.05) is 60.7 Å². The number of halogens is 2. The summed E-state index contributed by atoms with van der Waals surface area (Å²) >= 11 is 12.1. The normalized spacial score (nSPS) is 11.3. The van der Waals surface area contributed by atoms with Gasteiger partial charge in [0, 0.05) is 39.5 Å². The summed E-state index contributed by atoms with van der Waals surface area (Å²) in [7, 11) is 0. The van der Waals surface area contributed by atoms with Crippen molar-refractivity contribution in [3.05, 3.63) is 112 Å². The van der Waals surface area contributed by atoms with E-state index in [0.29, 0.717) is 22.2 Å². The summed E-state index contributed by atoms with van der Waals surface area (Å²) in [6.07, 6.45) is 1.77. The van der Waals surface area contributed by atoms with Crippen molar-refractivity contribution in [2.75, 3.05) is 0 Å². The summed E-state index contributed by atoms with van der Waals surface area (Å²) in [4.78, 5) is 20.8. The average molecular weight is 475 g/mol. The van der Waals surface area contributed by atoms with Crippen molar-refractivity contribution in [1.29, 1.82) is 0 Å². The fraction of sp³-hybridized carbons (Fsp3) is 0.0385. The molecule has 7 heteroatoms. The SMILES string of the molecule is N/C(=N/C(=O)c1ccccc1)NCc1cnc(-c2ccc(Cl)cc2)c(-c2ccc(Cl)cc2)c1. The van der Waals surface area contributed by atoms with E-state index in [1.54, 1.807) is 30.5 Å². The van der Waals surface area contributed by atoms with Crippen LogP contribution in [0, 0.1) is 0 Å². The van der Waals surface area contributed by atoms with E-state index >= 15 is 0 Å². The molecule has 3 aromatic carbocycles. The second-order valence-corrected chi connectivity index (χ2v) is 8.15. The van der Waals surface area contributed by atoms with Crippen LogP contribution in [0.1, 0.15) is 15.9 Å². The van der Waals surface area contributed by atoms with Crippen LogP contribution in [0.4, 0.5) is 0 Å². The Morgan fingerprint density at radius 1 is 0.879 bits per heavy atom. The zero-order valence-electron chi connectivity index (χ0n) is 17.5. The lowest BCUT2D eigenvalue weighted by Crippen LogP contribution is -2.32. The Hall–Kier alpha value is -3.67. The molecule has 0 fully saturated rings. The summed E-state index contributed by atoms with van der Waals surface area (Å²) in [6.45, 7) is 0.353. The molecule has 0 radical (unpaired) electrons. The maximum Gasteiger partial charge on any atom is 0.280 e. The number of carbonyl (C=O) groups is 1. The highest BCUT2D eigenvalue weighted by molar-refractivity contribution is 6.31. The van der Waals surface area contributed by atoms with Gasteiger partial charge in [-0.25, -0.2) is 0 Å². The van der Waals surface area contributed by atoms with Crippen LogP contribution in [0.25, 0.3) is 22.4 Å². The Labute approximate surface area is 201 Å². The van der Waals surface area contributed by atoms with Gasteiger partial charge in [0.2, 0.25) is 0 Å². The molecule has 0 spiro atoms. The van der Waals surface area contributed by atoms with Crippen molar-refractivity contribution >= 4 is 35.1 Å². The van der Waals surface area contributed by atoms with Crippen LogP contribution >= 0.6 is 23.2 Å². The zero-order chi connectivity index (χ0) is 23.2. The molecular formula is C26H20Cl2N4O. The molecule has 0 bridgehead atoms. The van der Waals surface area contributed by atoms with Crippen LogP contribution in [-0.4, -0.2) is 16.9 Å². The number of amides is 1. The van der Waals surface area contributed by atoms with Crippen molar-refractivity contribution in [3.8, 4) is 22.4 Å². The molecule has 0 aliphatic heterocycles. The Morgan fingerprint density at radius 2 is 1.48 bits per heavy atom. The monoisotopic (exact) mass is 474 g/mol. The van der Waals surface area contributed by atoms with Crippen LogP contribution in [0.3, 0.4) is 0 Å². The van der Waals surface area contributed by atoms with Gasteiger partial charge >= 0.3 is 0 Å². The molecule has 0 atom stereocenters. The third-order valence-electron chi connectivity index (χ3n) is 4.93. The lowest BCUT2D eigenvalue weighted by molar-refractivity contribution is 0.100. The number of rotatable bonds is 5. The molecule has 5 nitrogen and oxygen atoms in total. The van der Waals surface area contributed by atoms with Crippen molar-refractivity contribution < 1.29 is 4.79 Å². The maximum absolute atomic E-state index is 12.2. The lowest BCUT2D eigenvalue weighted by Gasteiger charge is -2.13. The van der Waals surface area contributed by atoms with Crippen molar-refractivity contribution in [2.45, 2.75) is 6.54 Å². The fourth-order valence-corrected chi connectivity index (χ4v) is 3.53. The molecule has 1 aromatic heterocycles. The minimum atomic E-state index is -0.404. The molecular weight excluding hydrogens is 455 g/mol. The highest BCUT2D eigenvalue weighted by Gasteiger charge is 2.12. The minimum absolute atomic E-state index is 0.0404. The Bertz CT molecular complexity index is 1290. The summed E-state index contributed by atoms with van der Waals surface area (Å²) < 4.78 is 0. The predicted molar refractivity (Wildman–Crippen MR) is 134 cm³/mol. The van der Waals surface area contributed by atoms with E-state index in [1.165, 1.54) is 0 Å². The van der Waals surface area contributed by atoms with E-state index in [-0.39, 0.29) is 5.96 Å². The van der Waals surface area contributed by atoms with Gasteiger partial charge in [0.25, 0.3) is 5.91 Å². The summed E-state index contributed by atoms with van der Waals surface area (Å²) in [5.74, 6) is -0.364. The molecule has 0 aliphatic rings. The molecule has 4 aromatic rings. The van der Waals surface area contributed by atoms with E-state index < -0.39 is 5.91 Å². The van der Waals surface area contributed by atoms with Crippen molar-refractivity contribution in [2.24, 2.45) is 10.7 Å². The molecule has 164 valence electrons. The third-order valence-corrected chi connectivity index (χ3v) is 5.44. The van der Waals surface area contributed by atoms with E-state index in [0.717, 1.165) is 27.9 Å². The Kier molecular flexibility index (Phi) is 7.03. The van der Waals surface area contributed by atoms with Gasteiger partial charge in [0.05, 0.1) is 5.69 Å². The molecule has 1 heterocycles. The number of pyridine rings is 1. The number of hydrogen-bond acceptors (Lipinski definition) is 2. The number of aliphatic imine (C=N–C) groups is 1. The molecule has 0 unspecified atom stereocenters. The van der Waals surface area contributed by atoms with E-state index in [2.05, 4.69) is 10.3 Å². The fourth-order valence-electron chi connectivity index (χ4n) is 3.28. The number of nitrogens with one attached hydrogen (secondary N) is 1. The van der Waals surface area contributed by atoms with E-state index in [4.69, 9.17) is 33.9 Å². The maximum atomic E-state index is 12.2. The van der Waals surface area contributed by atoms with Gasteiger partial charge in [-0.3, -0.25) is 9.78 Å². The quantitative estimate of drug-likeness (QED) is 0.276. The van der Waals surface area contributed by atoms with Crippen LogP contribution in [0.15, 0.2) is 96.1 Å². The Morgan fingerprint density at radius 3 is 2.12 bits per heavy atom. The molecule has 3 N–H and O–H groups in total. The molecule has 4 rings (SSSR count). The first-order valence-electron chi connectivity index (χ1n) is 10.2. The smallest absolute Gasteiger partial charge is 0.280 e. The molecule has 33 heavy (non-hydrogen) atoms. The van der Waals surface area contributed by atoms with Gasteiger partial charge in [-0.1, -0.05) is 65.7 Å². The topological polar surface area (TPSA) is 80.4 Å². The third kappa shape index (κ3) is 5.77. The van der Waals surface area contributed by atoms with Gasteiger partial charge in [-0.05, 0) is 53.6 Å². The largest absolute Gasteiger partial charge is 0.370 e. The highest BCUT2D eigenvalue weighted by Crippen LogP contribution is 2.32. The average Bonchev–Trinajstić information content (AvgIpc) is 2.84. The van der Waals surface area contributed by atoms with Crippen molar-refractivity contribution in [1.82, 2.24) is 10.3 Å². The number of hydrogen-bond donors (Lipinski definition) is 2. The van der Waals surface area contributed by atoms with Gasteiger partial charge < -0.3 is 11.1 Å². The Balaban J connectivity index is 1.59. The standard InChI is InChI=1S/C26H20Cl2N4O/c27-21-10-6-18(7-11-21)23-14-17(15-30-24(23)19-8-12-22(28)13-9-19)16-31-26(29)32-25(33)20-4-2-1-3-5-20/h1-15H,16H2,(H3,29,31,32,33). The number of aromatic nitrogens is 1. The number of guanidine groups is 1. The zero-order valence-corrected chi connectivity index (χ0v) is 19.0. The molecule has 0 saturated carbocycles. The lowest BCUT2D eigenvalue weighted by atomic mass is 9.98. The van der Waals surface area contributed by atoms with Crippen LogP contribution in [0.2, 0.25) is 10.0 Å².